The van der Waals surface area contributed by atoms with Crippen LogP contribution in [0.1, 0.15) is 35.6 Å². The number of benzene rings is 2. The summed E-state index contributed by atoms with van der Waals surface area (Å²) >= 11 is 0. The highest BCUT2D eigenvalue weighted by molar-refractivity contribution is 5.80. The molecule has 4 nitrogen and oxygen atoms in total. The van der Waals surface area contributed by atoms with Crippen molar-refractivity contribution in [1.29, 1.82) is 0 Å². The Morgan fingerprint density at radius 3 is 2.55 bits per heavy atom. The molecule has 1 aliphatic rings. The van der Waals surface area contributed by atoms with Crippen LogP contribution in [0.5, 0.6) is 0 Å². The molecule has 0 unspecified atom stereocenters. The summed E-state index contributed by atoms with van der Waals surface area (Å²) in [4.78, 5) is 17.6. The van der Waals surface area contributed by atoms with Crippen LogP contribution in [0.15, 0.2) is 54.6 Å². The summed E-state index contributed by atoms with van der Waals surface area (Å²) in [6.07, 6.45) is -2.68. The molecule has 2 heterocycles. The normalized spacial score (nSPS) is 15.6. The van der Waals surface area contributed by atoms with Crippen LogP contribution in [0.25, 0.3) is 10.9 Å². The molecule has 1 aliphatic heterocycles. The van der Waals surface area contributed by atoms with Gasteiger partial charge in [-0.2, -0.15) is 13.2 Å². The van der Waals surface area contributed by atoms with Gasteiger partial charge >= 0.3 is 12.2 Å². The van der Waals surface area contributed by atoms with E-state index >= 15 is 0 Å². The maximum absolute atomic E-state index is 12.8. The number of rotatable bonds is 3. The van der Waals surface area contributed by atoms with E-state index in [0.717, 1.165) is 30.5 Å². The van der Waals surface area contributed by atoms with Gasteiger partial charge < -0.3 is 15.2 Å². The number of nitrogens with zero attached hydrogens (tertiary/aromatic N) is 1. The Kier molecular flexibility index (Phi) is 5.22. The Bertz CT molecular complexity index is 971. The lowest BCUT2D eigenvalue weighted by Gasteiger charge is -2.31. The maximum atomic E-state index is 12.8. The topological polar surface area (TPSA) is 48.1 Å². The van der Waals surface area contributed by atoms with Crippen molar-refractivity contribution in [2.24, 2.45) is 0 Å². The first-order chi connectivity index (χ1) is 13.9. The number of carbonyl (C=O) groups excluding carboxylic acids is 1. The molecule has 0 radical (unpaired) electrons. The SMILES string of the molecule is O=C(NCc1cccc(C(F)(F)F)c1)N1CCC(c2cc3ccccc3[nH]2)CC1. The number of hydrogen-bond donors (Lipinski definition) is 2. The van der Waals surface area contributed by atoms with Gasteiger partial charge in [0, 0.05) is 36.8 Å². The highest BCUT2D eigenvalue weighted by atomic mass is 19.4. The van der Waals surface area contributed by atoms with Crippen LogP contribution in [0.3, 0.4) is 0 Å². The van der Waals surface area contributed by atoms with Crippen LogP contribution in [-0.2, 0) is 12.7 Å². The van der Waals surface area contributed by atoms with Crippen molar-refractivity contribution in [2.75, 3.05) is 13.1 Å². The number of carbonyl (C=O) groups is 1. The lowest BCUT2D eigenvalue weighted by Crippen LogP contribution is -2.43. The third kappa shape index (κ3) is 4.39. The molecule has 0 aliphatic carbocycles. The molecular weight excluding hydrogens is 379 g/mol. The number of hydrogen-bond acceptors (Lipinski definition) is 1. The van der Waals surface area contributed by atoms with Gasteiger partial charge in [-0.3, -0.25) is 0 Å². The Labute approximate surface area is 166 Å². The number of piperidine rings is 1. The summed E-state index contributed by atoms with van der Waals surface area (Å²) in [5.41, 5.74) is 2.03. The third-order valence-electron chi connectivity index (χ3n) is 5.47. The number of H-pyrrole nitrogens is 1. The average Bonchev–Trinajstić information content (AvgIpc) is 3.16. The molecule has 2 N–H and O–H groups in total. The number of aromatic amines is 1. The minimum absolute atomic E-state index is 0.0741. The van der Waals surface area contributed by atoms with Gasteiger partial charge in [-0.15, -0.1) is 0 Å². The zero-order chi connectivity index (χ0) is 20.4. The molecule has 29 heavy (non-hydrogen) atoms. The van der Waals surface area contributed by atoms with Crippen molar-refractivity contribution < 1.29 is 18.0 Å². The molecule has 0 spiro atoms. The highest BCUT2D eigenvalue weighted by Crippen LogP contribution is 2.31. The van der Waals surface area contributed by atoms with Crippen LogP contribution >= 0.6 is 0 Å². The Morgan fingerprint density at radius 2 is 1.83 bits per heavy atom. The van der Waals surface area contributed by atoms with Gasteiger partial charge in [0.25, 0.3) is 0 Å². The predicted molar refractivity (Wildman–Crippen MR) is 106 cm³/mol. The number of alkyl halides is 3. The smallest absolute Gasteiger partial charge is 0.358 e. The molecule has 2 aromatic carbocycles. The second-order valence-corrected chi connectivity index (χ2v) is 7.43. The molecule has 1 aromatic heterocycles. The number of para-hydroxylation sites is 1. The van der Waals surface area contributed by atoms with Crippen LogP contribution in [0, 0.1) is 0 Å². The van der Waals surface area contributed by atoms with Crippen molar-refractivity contribution in [3.8, 4) is 0 Å². The molecule has 0 atom stereocenters. The number of urea groups is 1. The Hall–Kier alpha value is -2.96. The molecule has 152 valence electrons. The molecule has 0 bridgehead atoms. The van der Waals surface area contributed by atoms with Crippen LogP contribution in [0.2, 0.25) is 0 Å². The lowest BCUT2D eigenvalue weighted by atomic mass is 9.94. The van der Waals surface area contributed by atoms with E-state index in [9.17, 15) is 18.0 Å². The molecule has 7 heteroatoms. The van der Waals surface area contributed by atoms with Crippen molar-refractivity contribution in [1.82, 2.24) is 15.2 Å². The van der Waals surface area contributed by atoms with Gasteiger partial charge in [0.05, 0.1) is 5.56 Å². The first kappa shape index (κ1) is 19.4. The molecular formula is C22H22F3N3O. The molecule has 1 saturated heterocycles. The van der Waals surface area contributed by atoms with E-state index in [1.54, 1.807) is 11.0 Å². The monoisotopic (exact) mass is 401 g/mol. The van der Waals surface area contributed by atoms with E-state index in [0.29, 0.717) is 24.6 Å². The van der Waals surface area contributed by atoms with E-state index in [-0.39, 0.29) is 12.6 Å². The molecule has 2 amide bonds. The second-order valence-electron chi connectivity index (χ2n) is 7.43. The number of halogens is 3. The summed E-state index contributed by atoms with van der Waals surface area (Å²) in [5, 5.41) is 3.92. The van der Waals surface area contributed by atoms with Crippen molar-refractivity contribution >= 4 is 16.9 Å². The fourth-order valence-corrected chi connectivity index (χ4v) is 3.86. The van der Waals surface area contributed by atoms with Crippen molar-refractivity contribution in [3.05, 3.63) is 71.4 Å². The Balaban J connectivity index is 1.31. The molecule has 3 aromatic rings. The van der Waals surface area contributed by atoms with E-state index in [1.807, 2.05) is 12.1 Å². The van der Waals surface area contributed by atoms with Crippen LogP contribution in [-0.4, -0.2) is 29.0 Å². The number of fused-ring (bicyclic) bond motifs is 1. The summed E-state index contributed by atoms with van der Waals surface area (Å²) in [6, 6.07) is 15.1. The fourth-order valence-electron chi connectivity index (χ4n) is 3.86. The van der Waals surface area contributed by atoms with Gasteiger partial charge in [0.1, 0.15) is 0 Å². The summed E-state index contributed by atoms with van der Waals surface area (Å²) in [6.45, 7) is 1.31. The predicted octanol–water partition coefficient (Wildman–Crippen LogP) is 5.28. The molecule has 1 fully saturated rings. The maximum Gasteiger partial charge on any atom is 0.416 e. The van der Waals surface area contributed by atoms with Gasteiger partial charge in [-0.25, -0.2) is 4.79 Å². The summed E-state index contributed by atoms with van der Waals surface area (Å²) < 4.78 is 38.4. The standard InChI is InChI=1S/C22H22F3N3O/c23-22(24,25)18-6-3-4-15(12-18)14-26-21(29)28-10-8-16(9-11-28)20-13-17-5-1-2-7-19(17)27-20/h1-7,12-13,16,27H,8-11,14H2,(H,26,29). The summed E-state index contributed by atoms with van der Waals surface area (Å²) in [5.74, 6) is 0.370. The minimum atomic E-state index is -4.38. The van der Waals surface area contributed by atoms with Crippen LogP contribution < -0.4 is 5.32 Å². The minimum Gasteiger partial charge on any atom is -0.358 e. The van der Waals surface area contributed by atoms with Crippen LogP contribution in [0.4, 0.5) is 18.0 Å². The van der Waals surface area contributed by atoms with Gasteiger partial charge in [0.15, 0.2) is 0 Å². The average molecular weight is 401 g/mol. The number of likely N-dealkylation sites (tertiary alicyclic amines) is 1. The van der Waals surface area contributed by atoms with Gasteiger partial charge in [-0.1, -0.05) is 30.3 Å². The van der Waals surface area contributed by atoms with E-state index in [4.69, 9.17) is 0 Å². The largest absolute Gasteiger partial charge is 0.416 e. The quantitative estimate of drug-likeness (QED) is 0.617. The van der Waals surface area contributed by atoms with E-state index in [2.05, 4.69) is 28.5 Å². The van der Waals surface area contributed by atoms with E-state index < -0.39 is 11.7 Å². The van der Waals surface area contributed by atoms with E-state index in [1.165, 1.54) is 17.1 Å². The van der Waals surface area contributed by atoms with Crippen molar-refractivity contribution in [3.63, 3.8) is 0 Å². The molecule has 4 rings (SSSR count). The first-order valence-corrected chi connectivity index (χ1v) is 9.67. The number of amides is 2. The Morgan fingerprint density at radius 1 is 1.07 bits per heavy atom. The van der Waals surface area contributed by atoms with Gasteiger partial charge in [-0.05, 0) is 48.1 Å². The second kappa shape index (κ2) is 7.81. The number of nitrogens with one attached hydrogen (secondary N) is 2. The van der Waals surface area contributed by atoms with Gasteiger partial charge in [0.2, 0.25) is 0 Å². The fraction of sp³-hybridized carbons (Fsp3) is 0.318. The molecule has 0 saturated carbocycles. The highest BCUT2D eigenvalue weighted by Gasteiger charge is 2.30. The van der Waals surface area contributed by atoms with Crippen molar-refractivity contribution in [2.45, 2.75) is 31.5 Å². The lowest BCUT2D eigenvalue weighted by molar-refractivity contribution is -0.137. The first-order valence-electron chi connectivity index (χ1n) is 9.67. The number of aromatic nitrogens is 1. The zero-order valence-corrected chi connectivity index (χ0v) is 15.8. The zero-order valence-electron chi connectivity index (χ0n) is 15.8. The third-order valence-corrected chi connectivity index (χ3v) is 5.47. The summed E-state index contributed by atoms with van der Waals surface area (Å²) in [7, 11) is 0.